The van der Waals surface area contributed by atoms with Crippen molar-refractivity contribution >= 4 is 11.8 Å². The Morgan fingerprint density at radius 1 is 1.38 bits per heavy atom. The second-order valence-corrected chi connectivity index (χ2v) is 4.70. The first-order valence-electron chi connectivity index (χ1n) is 5.88. The minimum Gasteiger partial charge on any atom is -0.313 e. The van der Waals surface area contributed by atoms with Crippen LogP contribution in [0, 0.1) is 5.92 Å². The minimum atomic E-state index is -0.0109. The molecular weight excluding hydrogens is 204 g/mol. The molecule has 2 rings (SSSR count). The van der Waals surface area contributed by atoms with Gasteiger partial charge in [0.2, 0.25) is 11.8 Å². The first-order valence-corrected chi connectivity index (χ1v) is 5.88. The maximum Gasteiger partial charge on any atom is 0.229 e. The predicted molar refractivity (Wildman–Crippen MR) is 60.7 cm³/mol. The lowest BCUT2D eigenvalue weighted by Crippen LogP contribution is -2.44. The third-order valence-electron chi connectivity index (χ3n) is 3.17. The molecule has 1 N–H and O–H groups in total. The number of rotatable bonds is 2. The van der Waals surface area contributed by atoms with Gasteiger partial charge in [0, 0.05) is 25.9 Å². The molecule has 2 aliphatic rings. The van der Waals surface area contributed by atoms with Crippen molar-refractivity contribution < 1.29 is 9.59 Å². The van der Waals surface area contributed by atoms with Crippen molar-refractivity contribution in [3.05, 3.63) is 11.6 Å². The molecule has 0 bridgehead atoms. The average Bonchev–Trinajstić information content (AvgIpc) is 2.25. The van der Waals surface area contributed by atoms with E-state index in [4.69, 9.17) is 0 Å². The van der Waals surface area contributed by atoms with E-state index in [0.717, 1.165) is 19.5 Å². The summed E-state index contributed by atoms with van der Waals surface area (Å²) in [6, 6.07) is 0. The van der Waals surface area contributed by atoms with Crippen LogP contribution in [0.25, 0.3) is 0 Å². The molecule has 1 fully saturated rings. The highest BCUT2D eigenvalue weighted by Crippen LogP contribution is 2.20. The topological polar surface area (TPSA) is 49.4 Å². The Morgan fingerprint density at radius 2 is 2.06 bits per heavy atom. The normalized spacial score (nSPS) is 23.6. The highest BCUT2D eigenvalue weighted by Gasteiger charge is 2.30. The molecule has 16 heavy (non-hydrogen) atoms. The molecule has 0 saturated carbocycles. The van der Waals surface area contributed by atoms with E-state index < -0.39 is 0 Å². The van der Waals surface area contributed by atoms with Gasteiger partial charge in [-0.1, -0.05) is 18.6 Å². The molecule has 4 heteroatoms. The van der Waals surface area contributed by atoms with E-state index in [-0.39, 0.29) is 17.7 Å². The van der Waals surface area contributed by atoms with Gasteiger partial charge in [0.05, 0.1) is 0 Å². The van der Waals surface area contributed by atoms with Gasteiger partial charge >= 0.3 is 0 Å². The number of imide groups is 1. The predicted octanol–water partition coefficient (Wildman–Crippen LogP) is 0.691. The molecule has 0 aromatic heterocycles. The lowest BCUT2D eigenvalue weighted by atomic mass is 9.97. The Morgan fingerprint density at radius 3 is 2.62 bits per heavy atom. The number of nitrogens with zero attached hydrogens (tertiary/aromatic N) is 1. The zero-order valence-electron chi connectivity index (χ0n) is 9.66. The number of carbonyl (C=O) groups is 2. The van der Waals surface area contributed by atoms with Crippen molar-refractivity contribution in [1.82, 2.24) is 10.2 Å². The largest absolute Gasteiger partial charge is 0.313 e. The Hall–Kier alpha value is -1.16. The number of piperidine rings is 1. The molecule has 0 spiro atoms. The number of likely N-dealkylation sites (tertiary alicyclic amines) is 1. The second-order valence-electron chi connectivity index (χ2n) is 4.70. The maximum atomic E-state index is 11.8. The summed E-state index contributed by atoms with van der Waals surface area (Å²) < 4.78 is 0. The minimum absolute atomic E-state index is 0.0109. The molecule has 2 heterocycles. The Kier molecular flexibility index (Phi) is 3.39. The molecule has 0 aliphatic carbocycles. The van der Waals surface area contributed by atoms with Crippen LogP contribution in [-0.4, -0.2) is 36.3 Å². The standard InChI is InChI=1S/C12H18N2O2/c1-9-6-11(15)14(12(16)7-9)8-10-2-4-13-5-3-10/h2,9,13H,3-8H2,1H3. The van der Waals surface area contributed by atoms with Gasteiger partial charge in [0.25, 0.3) is 0 Å². The first kappa shape index (κ1) is 11.3. The quantitative estimate of drug-likeness (QED) is 0.552. The molecule has 0 aromatic carbocycles. The van der Waals surface area contributed by atoms with Crippen LogP contribution in [0.2, 0.25) is 0 Å². The van der Waals surface area contributed by atoms with Crippen LogP contribution in [-0.2, 0) is 9.59 Å². The lowest BCUT2D eigenvalue weighted by Gasteiger charge is -2.29. The zero-order valence-corrected chi connectivity index (χ0v) is 9.66. The summed E-state index contributed by atoms with van der Waals surface area (Å²) in [6.45, 7) is 4.25. The fourth-order valence-corrected chi connectivity index (χ4v) is 2.22. The fraction of sp³-hybridized carbons (Fsp3) is 0.667. The summed E-state index contributed by atoms with van der Waals surface area (Å²) in [5, 5.41) is 3.22. The van der Waals surface area contributed by atoms with Crippen LogP contribution in [0.4, 0.5) is 0 Å². The van der Waals surface area contributed by atoms with Crippen LogP contribution < -0.4 is 5.32 Å². The van der Waals surface area contributed by atoms with Crippen LogP contribution in [0.3, 0.4) is 0 Å². The fourth-order valence-electron chi connectivity index (χ4n) is 2.22. The highest BCUT2D eigenvalue weighted by molar-refractivity contribution is 5.98. The summed E-state index contributed by atoms with van der Waals surface area (Å²) in [5.41, 5.74) is 1.20. The van der Waals surface area contributed by atoms with Gasteiger partial charge in [-0.15, -0.1) is 0 Å². The molecule has 0 aromatic rings. The maximum absolute atomic E-state index is 11.8. The molecule has 88 valence electrons. The number of hydrogen-bond acceptors (Lipinski definition) is 3. The van der Waals surface area contributed by atoms with Crippen LogP contribution in [0.1, 0.15) is 26.2 Å². The molecule has 1 saturated heterocycles. The Labute approximate surface area is 95.7 Å². The third-order valence-corrected chi connectivity index (χ3v) is 3.17. The molecule has 4 nitrogen and oxygen atoms in total. The number of nitrogens with one attached hydrogen (secondary N) is 1. The summed E-state index contributed by atoms with van der Waals surface area (Å²) in [6.07, 6.45) is 4.04. The molecular formula is C12H18N2O2. The van der Waals surface area contributed by atoms with E-state index in [0.29, 0.717) is 19.4 Å². The van der Waals surface area contributed by atoms with Gasteiger partial charge in [0.1, 0.15) is 0 Å². The summed E-state index contributed by atoms with van der Waals surface area (Å²) in [5.74, 6) is 0.185. The first-order chi connectivity index (χ1) is 7.66. The van der Waals surface area contributed by atoms with E-state index in [9.17, 15) is 9.59 Å². The van der Waals surface area contributed by atoms with Crippen molar-refractivity contribution in [3.8, 4) is 0 Å². The molecule has 2 amide bonds. The van der Waals surface area contributed by atoms with Gasteiger partial charge in [0.15, 0.2) is 0 Å². The highest BCUT2D eigenvalue weighted by atomic mass is 16.2. The number of hydrogen-bond donors (Lipinski definition) is 1. The van der Waals surface area contributed by atoms with Crippen LogP contribution in [0.15, 0.2) is 11.6 Å². The molecule has 0 unspecified atom stereocenters. The number of carbonyl (C=O) groups excluding carboxylic acids is 2. The Bertz CT molecular complexity index is 318. The smallest absolute Gasteiger partial charge is 0.229 e. The van der Waals surface area contributed by atoms with Gasteiger partial charge < -0.3 is 5.32 Å². The number of amides is 2. The Balaban J connectivity index is 2.00. The van der Waals surface area contributed by atoms with E-state index in [1.807, 2.05) is 6.92 Å². The van der Waals surface area contributed by atoms with Crippen LogP contribution >= 0.6 is 0 Å². The van der Waals surface area contributed by atoms with Gasteiger partial charge in [-0.2, -0.15) is 0 Å². The molecule has 2 aliphatic heterocycles. The zero-order chi connectivity index (χ0) is 11.5. The van der Waals surface area contributed by atoms with Gasteiger partial charge in [-0.05, 0) is 18.9 Å². The van der Waals surface area contributed by atoms with E-state index in [1.165, 1.54) is 10.5 Å². The van der Waals surface area contributed by atoms with E-state index >= 15 is 0 Å². The van der Waals surface area contributed by atoms with Crippen molar-refractivity contribution in [1.29, 1.82) is 0 Å². The summed E-state index contributed by atoms with van der Waals surface area (Å²) in [7, 11) is 0. The van der Waals surface area contributed by atoms with Crippen LogP contribution in [0.5, 0.6) is 0 Å². The lowest BCUT2D eigenvalue weighted by molar-refractivity contribution is -0.149. The SMILES string of the molecule is CC1CC(=O)N(CC2=CCNCC2)C(=O)C1. The molecule has 0 atom stereocenters. The van der Waals surface area contributed by atoms with E-state index in [2.05, 4.69) is 11.4 Å². The van der Waals surface area contributed by atoms with Gasteiger partial charge in [-0.25, -0.2) is 0 Å². The van der Waals surface area contributed by atoms with E-state index in [1.54, 1.807) is 0 Å². The third kappa shape index (κ3) is 2.50. The van der Waals surface area contributed by atoms with Crippen molar-refractivity contribution in [2.45, 2.75) is 26.2 Å². The van der Waals surface area contributed by atoms with Crippen molar-refractivity contribution in [2.75, 3.05) is 19.6 Å². The summed E-state index contributed by atoms with van der Waals surface area (Å²) in [4.78, 5) is 24.9. The average molecular weight is 222 g/mol. The van der Waals surface area contributed by atoms with Gasteiger partial charge in [-0.3, -0.25) is 14.5 Å². The monoisotopic (exact) mass is 222 g/mol. The molecule has 0 radical (unpaired) electrons. The van der Waals surface area contributed by atoms with Crippen molar-refractivity contribution in [2.24, 2.45) is 5.92 Å². The summed E-state index contributed by atoms with van der Waals surface area (Å²) >= 11 is 0. The van der Waals surface area contributed by atoms with Crippen molar-refractivity contribution in [3.63, 3.8) is 0 Å². The second kappa shape index (κ2) is 4.78.